The van der Waals surface area contributed by atoms with Gasteiger partial charge in [-0.15, -0.1) is 13.2 Å². The Morgan fingerprint density at radius 2 is 1.82 bits per heavy atom. The third kappa shape index (κ3) is 9.75. The molecule has 220 valence electrons. The van der Waals surface area contributed by atoms with Gasteiger partial charge in [0.25, 0.3) is 0 Å². The van der Waals surface area contributed by atoms with E-state index in [1.54, 1.807) is 7.11 Å². The normalized spacial score (nSPS) is 19.2. The number of nitrogens with one attached hydrogen (secondary N) is 1. The monoisotopic (exact) mass is 562 g/mol. The van der Waals surface area contributed by atoms with Gasteiger partial charge in [0, 0.05) is 17.7 Å². The zero-order valence-corrected chi connectivity index (χ0v) is 24.3. The van der Waals surface area contributed by atoms with Crippen molar-refractivity contribution < 1.29 is 32.2 Å². The molecule has 1 N–H and O–H groups in total. The maximum atomic E-state index is 12.6. The molecule has 0 aromatic heterocycles. The van der Waals surface area contributed by atoms with E-state index in [0.29, 0.717) is 52.2 Å². The number of hydrogen-bond donors (Lipinski definition) is 1. The fourth-order valence-corrected chi connectivity index (χ4v) is 5.91. The lowest BCUT2D eigenvalue weighted by atomic mass is 9.67. The second-order valence-electron chi connectivity index (χ2n) is 11.6. The molecule has 0 bridgehead atoms. The number of hydrogen-bond acceptors (Lipinski definition) is 5. The van der Waals surface area contributed by atoms with Crippen LogP contribution in [0.4, 0.5) is 24.5 Å². The van der Waals surface area contributed by atoms with Crippen molar-refractivity contribution in [1.82, 2.24) is 0 Å². The third-order valence-corrected chi connectivity index (χ3v) is 7.30. The zero-order valence-electron chi connectivity index (χ0n) is 24.3. The number of halogens is 3. The molecule has 1 fully saturated rings. The van der Waals surface area contributed by atoms with Crippen LogP contribution in [0.2, 0.25) is 0 Å². The van der Waals surface area contributed by atoms with Gasteiger partial charge in [-0.2, -0.15) is 0 Å². The Hall–Kier alpha value is -3.23. The van der Waals surface area contributed by atoms with Crippen LogP contribution in [0, 0.1) is 24.2 Å². The van der Waals surface area contributed by atoms with Crippen molar-refractivity contribution in [1.29, 1.82) is 0 Å². The molecule has 0 amide bonds. The van der Waals surface area contributed by atoms with E-state index in [-0.39, 0.29) is 18.1 Å². The third-order valence-electron chi connectivity index (χ3n) is 7.30. The SMILES string of the molecule is COC(=O)Cc1cc(/N=C(\CCC[C@@H]2C[C@H](C)CC(C)(C)C2)Nc2ccc(OC(F)(F)F)cc2)c(C)cc1OC. The number of amidine groups is 1. The van der Waals surface area contributed by atoms with Crippen molar-refractivity contribution in [2.45, 2.75) is 79.0 Å². The van der Waals surface area contributed by atoms with Gasteiger partial charge >= 0.3 is 12.3 Å². The first-order valence-electron chi connectivity index (χ1n) is 13.7. The van der Waals surface area contributed by atoms with Crippen molar-refractivity contribution >= 4 is 23.2 Å². The van der Waals surface area contributed by atoms with Gasteiger partial charge in [-0.05, 0) is 98.2 Å². The van der Waals surface area contributed by atoms with E-state index in [1.807, 2.05) is 19.1 Å². The number of benzene rings is 2. The molecule has 1 aliphatic carbocycles. The first-order valence-corrected chi connectivity index (χ1v) is 13.7. The van der Waals surface area contributed by atoms with Crippen LogP contribution in [0.1, 0.15) is 70.4 Å². The van der Waals surface area contributed by atoms with E-state index in [2.05, 4.69) is 30.8 Å². The van der Waals surface area contributed by atoms with Crippen LogP contribution in [0.15, 0.2) is 41.4 Å². The van der Waals surface area contributed by atoms with E-state index in [0.717, 1.165) is 18.4 Å². The number of nitrogens with zero attached hydrogens (tertiary/aromatic N) is 1. The van der Waals surface area contributed by atoms with Crippen LogP contribution in [0.25, 0.3) is 0 Å². The maximum Gasteiger partial charge on any atom is 0.573 e. The molecule has 1 aliphatic rings. The number of methoxy groups -OCH3 is 2. The van der Waals surface area contributed by atoms with Crippen LogP contribution in [-0.2, 0) is 16.0 Å². The highest BCUT2D eigenvalue weighted by atomic mass is 19.4. The molecule has 6 nitrogen and oxygen atoms in total. The summed E-state index contributed by atoms with van der Waals surface area (Å²) in [5.41, 5.74) is 3.13. The first-order chi connectivity index (χ1) is 18.8. The first kappa shape index (κ1) is 31.3. The predicted octanol–water partition coefficient (Wildman–Crippen LogP) is 8.39. The lowest BCUT2D eigenvalue weighted by Gasteiger charge is -2.39. The summed E-state index contributed by atoms with van der Waals surface area (Å²) in [5.74, 6) is 1.93. The minimum atomic E-state index is -4.75. The minimum absolute atomic E-state index is 0.0432. The Morgan fingerprint density at radius 1 is 1.12 bits per heavy atom. The molecule has 1 saturated carbocycles. The molecule has 2 atom stereocenters. The van der Waals surface area contributed by atoms with Gasteiger partial charge < -0.3 is 19.5 Å². The summed E-state index contributed by atoms with van der Waals surface area (Å²) in [7, 11) is 2.88. The minimum Gasteiger partial charge on any atom is -0.496 e. The molecule has 0 aliphatic heterocycles. The molecule has 3 rings (SSSR count). The van der Waals surface area contributed by atoms with Gasteiger partial charge in [0.1, 0.15) is 17.3 Å². The molecule has 0 spiro atoms. The number of ether oxygens (including phenoxy) is 3. The van der Waals surface area contributed by atoms with E-state index in [9.17, 15) is 18.0 Å². The van der Waals surface area contributed by atoms with Crippen molar-refractivity contribution in [3.8, 4) is 11.5 Å². The fourth-order valence-electron chi connectivity index (χ4n) is 5.91. The zero-order chi connectivity index (χ0) is 29.5. The van der Waals surface area contributed by atoms with Crippen LogP contribution in [0.3, 0.4) is 0 Å². The number of rotatable bonds is 10. The molecule has 2 aromatic carbocycles. The Morgan fingerprint density at radius 3 is 2.42 bits per heavy atom. The number of alkyl halides is 3. The van der Waals surface area contributed by atoms with Crippen molar-refractivity contribution in [2.24, 2.45) is 22.2 Å². The number of carbonyl (C=O) groups excluding carboxylic acids is 1. The number of esters is 1. The van der Waals surface area contributed by atoms with Crippen molar-refractivity contribution in [3.63, 3.8) is 0 Å². The van der Waals surface area contributed by atoms with Gasteiger partial charge in [-0.3, -0.25) is 4.79 Å². The summed E-state index contributed by atoms with van der Waals surface area (Å²) >= 11 is 0. The lowest BCUT2D eigenvalue weighted by Crippen LogP contribution is -2.27. The van der Waals surface area contributed by atoms with Crippen LogP contribution >= 0.6 is 0 Å². The highest BCUT2D eigenvalue weighted by Crippen LogP contribution is 2.43. The fraction of sp³-hybridized carbons (Fsp3) is 0.548. The van der Waals surface area contributed by atoms with Crippen LogP contribution in [-0.4, -0.2) is 32.4 Å². The van der Waals surface area contributed by atoms with Gasteiger partial charge in [0.2, 0.25) is 0 Å². The smallest absolute Gasteiger partial charge is 0.496 e. The highest BCUT2D eigenvalue weighted by molar-refractivity contribution is 5.97. The average Bonchev–Trinajstić information content (AvgIpc) is 2.84. The van der Waals surface area contributed by atoms with Crippen LogP contribution in [0.5, 0.6) is 11.5 Å². The van der Waals surface area contributed by atoms with E-state index >= 15 is 0 Å². The van der Waals surface area contributed by atoms with E-state index < -0.39 is 6.36 Å². The summed E-state index contributed by atoms with van der Waals surface area (Å²) in [5, 5.41) is 3.30. The molecule has 0 radical (unpaired) electrons. The van der Waals surface area contributed by atoms with Gasteiger partial charge in [-0.1, -0.05) is 20.8 Å². The molecule has 2 aromatic rings. The average molecular weight is 563 g/mol. The second-order valence-corrected chi connectivity index (χ2v) is 11.6. The quantitative estimate of drug-likeness (QED) is 0.179. The predicted molar refractivity (Wildman–Crippen MR) is 151 cm³/mol. The van der Waals surface area contributed by atoms with Crippen molar-refractivity contribution in [3.05, 3.63) is 47.5 Å². The Bertz CT molecular complexity index is 1180. The molecular weight excluding hydrogens is 521 g/mol. The molecular formula is C31H41F3N2O4. The Labute approximate surface area is 235 Å². The van der Waals surface area contributed by atoms with E-state index in [1.165, 1.54) is 50.6 Å². The van der Waals surface area contributed by atoms with E-state index in [4.69, 9.17) is 14.5 Å². The summed E-state index contributed by atoms with van der Waals surface area (Å²) in [6, 6.07) is 9.26. The van der Waals surface area contributed by atoms with Crippen molar-refractivity contribution in [2.75, 3.05) is 19.5 Å². The molecule has 0 heterocycles. The largest absolute Gasteiger partial charge is 0.573 e. The molecule has 9 heteroatoms. The Balaban J connectivity index is 1.85. The number of carbonyl (C=O) groups is 1. The number of aryl methyl sites for hydroxylation is 1. The summed E-state index contributed by atoms with van der Waals surface area (Å²) < 4.78 is 52.1. The van der Waals surface area contributed by atoms with Gasteiger partial charge in [-0.25, -0.2) is 4.99 Å². The van der Waals surface area contributed by atoms with Gasteiger partial charge in [0.15, 0.2) is 0 Å². The summed E-state index contributed by atoms with van der Waals surface area (Å²) in [6.45, 7) is 8.92. The topological polar surface area (TPSA) is 69.2 Å². The van der Waals surface area contributed by atoms with Crippen LogP contribution < -0.4 is 14.8 Å². The lowest BCUT2D eigenvalue weighted by molar-refractivity contribution is -0.274. The highest BCUT2D eigenvalue weighted by Gasteiger charge is 2.32. The standard InChI is InChI=1S/C31H41F3N2O4/c1-20-14-22(19-30(3,4)18-20)8-7-9-28(35-24-10-12-25(13-11-24)40-31(32,33)34)36-26-16-23(17-29(37)39-6)27(38-5)15-21(26)2/h10-13,15-16,20,22H,7-9,14,17-19H2,1-6H3,(H,35,36)/t20-,22+/m0/s1. The summed E-state index contributed by atoms with van der Waals surface area (Å²) in [6.07, 6.45) is 1.61. The molecule has 0 saturated heterocycles. The second kappa shape index (κ2) is 13.4. The maximum absolute atomic E-state index is 12.6. The Kier molecular flexibility index (Phi) is 10.5. The van der Waals surface area contributed by atoms with Gasteiger partial charge in [0.05, 0.1) is 26.3 Å². The number of aliphatic imine (C=N–C) groups is 1. The summed E-state index contributed by atoms with van der Waals surface area (Å²) in [4.78, 5) is 16.9. The molecule has 0 unspecified atom stereocenters. The number of anilines is 1. The molecule has 40 heavy (non-hydrogen) atoms.